The number of halogens is 2. The average molecular weight is 537 g/mol. The zero-order valence-electron chi connectivity index (χ0n) is 17.7. The molecule has 174 valence electrons. The number of benzene rings is 2. The first-order valence-corrected chi connectivity index (χ1v) is 11.8. The van der Waals surface area contributed by atoms with E-state index in [0.717, 1.165) is 10.9 Å². The molecule has 2 heterocycles. The second-order valence-electron chi connectivity index (χ2n) is 7.81. The number of carbonyl (C=O) groups is 1. The van der Waals surface area contributed by atoms with Crippen LogP contribution in [0, 0.1) is 0 Å². The smallest absolute Gasteiger partial charge is 0.332 e. The van der Waals surface area contributed by atoms with Crippen LogP contribution in [0.15, 0.2) is 56.1 Å². The molecule has 9 heteroatoms. The van der Waals surface area contributed by atoms with Crippen LogP contribution < -0.4 is 15.5 Å². The van der Waals surface area contributed by atoms with E-state index in [1.165, 1.54) is 6.07 Å². The van der Waals surface area contributed by atoms with E-state index in [1.807, 2.05) is 18.2 Å². The summed E-state index contributed by atoms with van der Waals surface area (Å²) in [7, 11) is 0. The van der Waals surface area contributed by atoms with Gasteiger partial charge in [-0.3, -0.25) is 4.79 Å². The summed E-state index contributed by atoms with van der Waals surface area (Å²) in [5, 5.41) is 13.3. The highest BCUT2D eigenvalue weighted by atomic mass is 79.9. The normalized spacial score (nSPS) is 18.4. The zero-order valence-corrected chi connectivity index (χ0v) is 20.0. The van der Waals surface area contributed by atoms with Crippen molar-refractivity contribution >= 4 is 44.5 Å². The number of hydrogen-bond acceptors (Lipinski definition) is 6. The third-order valence-electron chi connectivity index (χ3n) is 5.49. The average Bonchev–Trinajstić information content (AvgIpc) is 2.80. The van der Waals surface area contributed by atoms with Gasteiger partial charge in [-0.15, -0.1) is 0 Å². The van der Waals surface area contributed by atoms with E-state index in [4.69, 9.17) is 30.6 Å². The molecule has 4 rings (SSSR count). The third kappa shape index (κ3) is 5.76. The molecular weight excluding hydrogens is 514 g/mol. The quantitative estimate of drug-likeness (QED) is 0.397. The van der Waals surface area contributed by atoms with Crippen molar-refractivity contribution in [1.29, 1.82) is 0 Å². The van der Waals surface area contributed by atoms with E-state index in [2.05, 4.69) is 21.2 Å². The van der Waals surface area contributed by atoms with Crippen molar-refractivity contribution in [1.82, 2.24) is 5.32 Å². The molecule has 2 atom stereocenters. The van der Waals surface area contributed by atoms with E-state index in [0.29, 0.717) is 65.7 Å². The summed E-state index contributed by atoms with van der Waals surface area (Å²) in [6, 6.07) is 12.1. The lowest BCUT2D eigenvalue weighted by atomic mass is 10.0. The molecule has 1 fully saturated rings. The molecule has 0 bridgehead atoms. The minimum Gasteiger partial charge on any atom is -0.493 e. The van der Waals surface area contributed by atoms with Gasteiger partial charge < -0.3 is 24.3 Å². The molecule has 3 aromatic rings. The van der Waals surface area contributed by atoms with Gasteiger partial charge >= 0.3 is 5.97 Å². The van der Waals surface area contributed by atoms with Crippen LogP contribution in [0.1, 0.15) is 19.3 Å². The maximum atomic E-state index is 12.6. The summed E-state index contributed by atoms with van der Waals surface area (Å²) >= 11 is 9.70. The molecule has 0 amide bonds. The third-order valence-corrected chi connectivity index (χ3v) is 6.28. The molecule has 0 unspecified atom stereocenters. The highest BCUT2D eigenvalue weighted by Gasteiger charge is 2.27. The van der Waals surface area contributed by atoms with Crippen LogP contribution in [-0.4, -0.2) is 43.0 Å². The van der Waals surface area contributed by atoms with Gasteiger partial charge in [0, 0.05) is 23.2 Å². The first-order chi connectivity index (χ1) is 15.9. The Balaban J connectivity index is 1.42. The van der Waals surface area contributed by atoms with Gasteiger partial charge in [-0.2, -0.15) is 0 Å². The van der Waals surface area contributed by atoms with E-state index >= 15 is 0 Å². The molecule has 1 aliphatic rings. The fourth-order valence-electron chi connectivity index (χ4n) is 3.81. The van der Waals surface area contributed by atoms with Crippen molar-refractivity contribution in [3.63, 3.8) is 0 Å². The topological polar surface area (TPSA) is 98.0 Å². The van der Waals surface area contributed by atoms with Crippen molar-refractivity contribution in [3.05, 3.63) is 62.2 Å². The number of rotatable bonds is 8. The van der Waals surface area contributed by atoms with Crippen LogP contribution >= 0.6 is 27.5 Å². The van der Waals surface area contributed by atoms with Crippen LogP contribution in [0.2, 0.25) is 5.02 Å². The number of aliphatic carboxylic acids is 1. The van der Waals surface area contributed by atoms with Crippen LogP contribution in [0.5, 0.6) is 5.75 Å². The fourth-order valence-corrected chi connectivity index (χ4v) is 4.36. The summed E-state index contributed by atoms with van der Waals surface area (Å²) in [6.07, 6.45) is 1.20. The highest BCUT2D eigenvalue weighted by molar-refractivity contribution is 9.10. The standard InChI is InChI=1S/C24H23BrClNO6/c25-14-5-6-17(21-13-19(28)16-3-1-4-18(26)23(16)33-21)20(11-14)31-9-2-8-27-15-7-10-32-22(12-15)24(29)30/h1,3-6,11,13,15,22,27H,2,7-10,12H2,(H,29,30)/t15-,22+/m0/s1. The van der Waals surface area contributed by atoms with Gasteiger partial charge in [0.2, 0.25) is 0 Å². The monoisotopic (exact) mass is 535 g/mol. The molecule has 0 spiro atoms. The van der Waals surface area contributed by atoms with Gasteiger partial charge in [0.1, 0.15) is 11.5 Å². The zero-order chi connectivity index (χ0) is 23.4. The Labute approximate surface area is 203 Å². The minimum atomic E-state index is -0.923. The Hall–Kier alpha value is -2.39. The predicted octanol–water partition coefficient (Wildman–Crippen LogP) is 4.87. The Bertz CT molecular complexity index is 1210. The van der Waals surface area contributed by atoms with Gasteiger partial charge in [0.05, 0.1) is 22.6 Å². The largest absolute Gasteiger partial charge is 0.493 e. The molecular formula is C24H23BrClNO6. The number of carboxylic acids is 1. The molecule has 2 N–H and O–H groups in total. The van der Waals surface area contributed by atoms with Gasteiger partial charge in [0.25, 0.3) is 0 Å². The summed E-state index contributed by atoms with van der Waals surface area (Å²) in [6.45, 7) is 1.55. The maximum Gasteiger partial charge on any atom is 0.332 e. The van der Waals surface area contributed by atoms with Crippen LogP contribution in [0.3, 0.4) is 0 Å². The summed E-state index contributed by atoms with van der Waals surface area (Å²) in [5.41, 5.74) is 0.817. The minimum absolute atomic E-state index is 0.109. The van der Waals surface area contributed by atoms with E-state index in [9.17, 15) is 9.59 Å². The second-order valence-corrected chi connectivity index (χ2v) is 9.13. The van der Waals surface area contributed by atoms with E-state index in [-0.39, 0.29) is 11.5 Å². The van der Waals surface area contributed by atoms with E-state index in [1.54, 1.807) is 18.2 Å². The van der Waals surface area contributed by atoms with E-state index < -0.39 is 12.1 Å². The summed E-state index contributed by atoms with van der Waals surface area (Å²) in [5.74, 6) is 0.0349. The fraction of sp³-hybridized carbons (Fsp3) is 0.333. The number of para-hydroxylation sites is 1. The molecule has 0 saturated carbocycles. The number of nitrogens with one attached hydrogen (secondary N) is 1. The van der Waals surface area contributed by atoms with Crippen molar-refractivity contribution < 1.29 is 23.8 Å². The number of hydrogen-bond donors (Lipinski definition) is 2. The van der Waals surface area contributed by atoms with Crippen molar-refractivity contribution in [3.8, 4) is 17.1 Å². The number of ether oxygens (including phenoxy) is 2. The number of fused-ring (bicyclic) bond motifs is 1. The van der Waals surface area contributed by atoms with Crippen LogP contribution in [0.4, 0.5) is 0 Å². The molecule has 0 radical (unpaired) electrons. The maximum absolute atomic E-state index is 12.6. The number of carboxylic acid groups (broad SMARTS) is 1. The summed E-state index contributed by atoms with van der Waals surface area (Å²) in [4.78, 5) is 23.7. The molecule has 0 aliphatic carbocycles. The SMILES string of the molecule is O=C(O)[C@H]1C[C@@H](NCCCOc2cc(Br)ccc2-c2cc(=O)c3cccc(Cl)c3o2)CCO1. The molecule has 1 aliphatic heterocycles. The molecule has 7 nitrogen and oxygen atoms in total. The second kappa shape index (κ2) is 10.7. The molecule has 33 heavy (non-hydrogen) atoms. The Kier molecular flexibility index (Phi) is 7.70. The Morgan fingerprint density at radius 1 is 1.27 bits per heavy atom. The first-order valence-electron chi connectivity index (χ1n) is 10.7. The lowest BCUT2D eigenvalue weighted by Gasteiger charge is -2.27. The van der Waals surface area contributed by atoms with Crippen molar-refractivity contribution in [2.75, 3.05) is 19.8 Å². The molecule has 1 saturated heterocycles. The van der Waals surface area contributed by atoms with Gasteiger partial charge in [0.15, 0.2) is 17.1 Å². The Morgan fingerprint density at radius 2 is 2.12 bits per heavy atom. The first kappa shape index (κ1) is 23.8. The molecule has 2 aromatic carbocycles. The van der Waals surface area contributed by atoms with Crippen molar-refractivity contribution in [2.45, 2.75) is 31.4 Å². The highest BCUT2D eigenvalue weighted by Crippen LogP contribution is 2.34. The summed E-state index contributed by atoms with van der Waals surface area (Å²) < 4.78 is 18.1. The lowest BCUT2D eigenvalue weighted by Crippen LogP contribution is -2.42. The van der Waals surface area contributed by atoms with Crippen LogP contribution in [0.25, 0.3) is 22.3 Å². The lowest BCUT2D eigenvalue weighted by molar-refractivity contribution is -0.154. The van der Waals surface area contributed by atoms with Gasteiger partial charge in [-0.25, -0.2) is 4.79 Å². The predicted molar refractivity (Wildman–Crippen MR) is 129 cm³/mol. The van der Waals surface area contributed by atoms with Crippen LogP contribution in [-0.2, 0) is 9.53 Å². The molecule has 1 aromatic heterocycles. The van der Waals surface area contributed by atoms with Gasteiger partial charge in [-0.1, -0.05) is 33.6 Å². The van der Waals surface area contributed by atoms with Gasteiger partial charge in [-0.05, 0) is 56.1 Å². The van der Waals surface area contributed by atoms with Crippen molar-refractivity contribution in [2.24, 2.45) is 0 Å². The Morgan fingerprint density at radius 3 is 2.94 bits per heavy atom.